The van der Waals surface area contributed by atoms with Crippen molar-refractivity contribution in [1.82, 2.24) is 0 Å². The van der Waals surface area contributed by atoms with Crippen LogP contribution < -0.4 is 5.32 Å². The summed E-state index contributed by atoms with van der Waals surface area (Å²) in [7, 11) is 0. The van der Waals surface area contributed by atoms with Crippen molar-refractivity contribution in [3.05, 3.63) is 64.9 Å². The lowest BCUT2D eigenvalue weighted by Gasteiger charge is -2.15. The molecular formula is C15H15ClFN. The summed E-state index contributed by atoms with van der Waals surface area (Å²) in [6, 6.07) is 14.5. The van der Waals surface area contributed by atoms with Crippen LogP contribution in [0, 0.1) is 5.82 Å². The van der Waals surface area contributed by atoms with Gasteiger partial charge in [0.2, 0.25) is 0 Å². The van der Waals surface area contributed by atoms with Gasteiger partial charge in [-0.25, -0.2) is 4.39 Å². The first-order valence-electron chi connectivity index (χ1n) is 5.90. The lowest BCUT2D eigenvalue weighted by atomic mass is 10.1. The number of benzene rings is 2. The summed E-state index contributed by atoms with van der Waals surface area (Å²) < 4.78 is 13.1. The molecule has 2 aromatic carbocycles. The second-order valence-electron chi connectivity index (χ2n) is 4.39. The molecule has 18 heavy (non-hydrogen) atoms. The summed E-state index contributed by atoms with van der Waals surface area (Å²) in [5, 5.41) is 4.08. The number of hydrogen-bond acceptors (Lipinski definition) is 1. The third-order valence-corrected chi connectivity index (χ3v) is 2.94. The number of rotatable bonds is 4. The number of hydrogen-bond donors (Lipinski definition) is 1. The topological polar surface area (TPSA) is 12.0 Å². The van der Waals surface area contributed by atoms with Gasteiger partial charge in [0.25, 0.3) is 0 Å². The molecule has 0 saturated carbocycles. The highest BCUT2D eigenvalue weighted by molar-refractivity contribution is 6.30. The summed E-state index contributed by atoms with van der Waals surface area (Å²) in [5.74, 6) is -0.189. The minimum atomic E-state index is -0.189. The maximum absolute atomic E-state index is 13.1. The van der Waals surface area contributed by atoms with Gasteiger partial charge in [0.1, 0.15) is 5.82 Å². The Morgan fingerprint density at radius 2 is 1.89 bits per heavy atom. The second kappa shape index (κ2) is 5.87. The van der Waals surface area contributed by atoms with E-state index in [0.717, 1.165) is 22.7 Å². The zero-order valence-corrected chi connectivity index (χ0v) is 10.9. The quantitative estimate of drug-likeness (QED) is 0.855. The second-order valence-corrected chi connectivity index (χ2v) is 4.82. The van der Waals surface area contributed by atoms with Crippen molar-refractivity contribution in [2.45, 2.75) is 19.4 Å². The van der Waals surface area contributed by atoms with Gasteiger partial charge >= 0.3 is 0 Å². The van der Waals surface area contributed by atoms with Crippen LogP contribution in [-0.2, 0) is 6.42 Å². The van der Waals surface area contributed by atoms with Crippen LogP contribution in [0.1, 0.15) is 12.5 Å². The minimum Gasteiger partial charge on any atom is -0.382 e. The molecule has 1 nitrogen and oxygen atoms in total. The van der Waals surface area contributed by atoms with E-state index in [0.29, 0.717) is 0 Å². The summed E-state index contributed by atoms with van der Waals surface area (Å²) in [6.07, 6.45) is 0.778. The van der Waals surface area contributed by atoms with Gasteiger partial charge < -0.3 is 5.32 Å². The van der Waals surface area contributed by atoms with Crippen molar-refractivity contribution in [2.24, 2.45) is 0 Å². The molecule has 0 radical (unpaired) electrons. The highest BCUT2D eigenvalue weighted by Gasteiger charge is 2.04. The van der Waals surface area contributed by atoms with Gasteiger partial charge in [-0.15, -0.1) is 0 Å². The lowest BCUT2D eigenvalue weighted by molar-refractivity contribution is 0.624. The van der Waals surface area contributed by atoms with Crippen molar-refractivity contribution in [1.29, 1.82) is 0 Å². The van der Waals surface area contributed by atoms with E-state index < -0.39 is 0 Å². The van der Waals surface area contributed by atoms with Crippen LogP contribution >= 0.6 is 11.6 Å². The minimum absolute atomic E-state index is 0.189. The first-order chi connectivity index (χ1) is 8.63. The Labute approximate surface area is 112 Å². The molecule has 0 bridgehead atoms. The van der Waals surface area contributed by atoms with Gasteiger partial charge in [-0.1, -0.05) is 23.7 Å². The molecule has 0 aliphatic heterocycles. The van der Waals surface area contributed by atoms with Crippen molar-refractivity contribution < 1.29 is 4.39 Å². The van der Waals surface area contributed by atoms with Gasteiger partial charge in [-0.3, -0.25) is 0 Å². The average Bonchev–Trinajstić information content (AvgIpc) is 2.32. The van der Waals surface area contributed by atoms with Crippen LogP contribution in [-0.4, -0.2) is 6.04 Å². The predicted molar refractivity (Wildman–Crippen MR) is 74.6 cm³/mol. The van der Waals surface area contributed by atoms with E-state index in [2.05, 4.69) is 12.2 Å². The number of anilines is 1. The van der Waals surface area contributed by atoms with E-state index in [1.54, 1.807) is 12.1 Å². The van der Waals surface area contributed by atoms with Gasteiger partial charge in [0, 0.05) is 16.8 Å². The monoisotopic (exact) mass is 263 g/mol. The Balaban J connectivity index is 1.96. The predicted octanol–water partition coefficient (Wildman–Crippen LogP) is 4.52. The van der Waals surface area contributed by atoms with E-state index >= 15 is 0 Å². The zero-order chi connectivity index (χ0) is 13.0. The fourth-order valence-corrected chi connectivity index (χ4v) is 2.03. The van der Waals surface area contributed by atoms with E-state index in [1.165, 1.54) is 6.07 Å². The fraction of sp³-hybridized carbons (Fsp3) is 0.200. The molecule has 1 N–H and O–H groups in total. The van der Waals surface area contributed by atoms with Gasteiger partial charge in [0.15, 0.2) is 0 Å². The van der Waals surface area contributed by atoms with E-state index in [1.807, 2.05) is 30.3 Å². The van der Waals surface area contributed by atoms with Crippen LogP contribution in [0.2, 0.25) is 5.02 Å². The molecule has 0 spiro atoms. The molecule has 1 unspecified atom stereocenters. The van der Waals surface area contributed by atoms with E-state index in [9.17, 15) is 4.39 Å². The first-order valence-corrected chi connectivity index (χ1v) is 6.28. The molecule has 0 amide bonds. The van der Waals surface area contributed by atoms with Crippen LogP contribution in [0.5, 0.6) is 0 Å². The molecule has 94 valence electrons. The molecule has 0 aliphatic rings. The Hall–Kier alpha value is -1.54. The summed E-state index contributed by atoms with van der Waals surface area (Å²) in [5.41, 5.74) is 2.01. The highest BCUT2D eigenvalue weighted by atomic mass is 35.5. The number of halogens is 2. The molecule has 1 atom stereocenters. The molecule has 0 heterocycles. The van der Waals surface area contributed by atoms with Crippen molar-refractivity contribution in [3.8, 4) is 0 Å². The van der Waals surface area contributed by atoms with E-state index in [4.69, 9.17) is 11.6 Å². The maximum Gasteiger partial charge on any atom is 0.123 e. The average molecular weight is 264 g/mol. The van der Waals surface area contributed by atoms with Crippen molar-refractivity contribution >= 4 is 17.3 Å². The third-order valence-electron chi connectivity index (χ3n) is 2.69. The maximum atomic E-state index is 13.1. The van der Waals surface area contributed by atoms with Crippen LogP contribution in [0.15, 0.2) is 48.5 Å². The van der Waals surface area contributed by atoms with Crippen LogP contribution in [0.25, 0.3) is 0 Å². The Bertz CT molecular complexity index is 510. The molecule has 0 aliphatic carbocycles. The normalized spacial score (nSPS) is 12.2. The number of nitrogens with one attached hydrogen (secondary N) is 1. The highest BCUT2D eigenvalue weighted by Crippen LogP contribution is 2.15. The fourth-order valence-electron chi connectivity index (χ4n) is 1.90. The zero-order valence-electron chi connectivity index (χ0n) is 10.2. The van der Waals surface area contributed by atoms with Crippen molar-refractivity contribution in [2.75, 3.05) is 5.32 Å². The van der Waals surface area contributed by atoms with Gasteiger partial charge in [0.05, 0.1) is 0 Å². The smallest absolute Gasteiger partial charge is 0.123 e. The molecule has 0 saturated heterocycles. The molecule has 0 fully saturated rings. The Morgan fingerprint density at radius 3 is 2.56 bits per heavy atom. The summed E-state index contributed by atoms with van der Waals surface area (Å²) in [4.78, 5) is 0. The van der Waals surface area contributed by atoms with Crippen LogP contribution in [0.4, 0.5) is 10.1 Å². The van der Waals surface area contributed by atoms with Crippen molar-refractivity contribution in [3.63, 3.8) is 0 Å². The Kier molecular flexibility index (Phi) is 4.21. The van der Waals surface area contributed by atoms with Gasteiger partial charge in [-0.2, -0.15) is 0 Å². The molecule has 0 aromatic heterocycles. The van der Waals surface area contributed by atoms with E-state index in [-0.39, 0.29) is 11.9 Å². The lowest BCUT2D eigenvalue weighted by Crippen LogP contribution is -2.18. The molecular weight excluding hydrogens is 249 g/mol. The summed E-state index contributed by atoms with van der Waals surface area (Å²) >= 11 is 5.83. The Morgan fingerprint density at radius 1 is 1.17 bits per heavy atom. The molecule has 2 rings (SSSR count). The van der Waals surface area contributed by atoms with Crippen LogP contribution in [0.3, 0.4) is 0 Å². The molecule has 2 aromatic rings. The first kappa shape index (κ1) is 12.9. The standard InChI is InChI=1S/C15H15ClFN/c1-11(9-12-3-2-4-14(17)10-12)18-15-7-5-13(16)6-8-15/h2-8,10-11,18H,9H2,1H3. The molecule has 3 heteroatoms. The third kappa shape index (κ3) is 3.74. The largest absolute Gasteiger partial charge is 0.382 e. The SMILES string of the molecule is CC(Cc1cccc(F)c1)Nc1ccc(Cl)cc1. The summed E-state index contributed by atoms with van der Waals surface area (Å²) in [6.45, 7) is 2.07. The van der Waals surface area contributed by atoms with Gasteiger partial charge in [-0.05, 0) is 55.3 Å².